The minimum atomic E-state index is -1.16. The van der Waals surface area contributed by atoms with Crippen LogP contribution in [0.3, 0.4) is 0 Å². The van der Waals surface area contributed by atoms with Crippen molar-refractivity contribution in [2.24, 2.45) is 0 Å². The third-order valence-corrected chi connectivity index (χ3v) is 1.66. The minimum absolute atomic E-state index is 0.128. The summed E-state index contributed by atoms with van der Waals surface area (Å²) in [6.07, 6.45) is -1.74. The number of aliphatic hydroxyl groups is 1. The van der Waals surface area contributed by atoms with Crippen molar-refractivity contribution in [2.45, 2.75) is 39.0 Å². The average Bonchev–Trinajstić information content (AvgIpc) is 2.02. The highest BCUT2D eigenvalue weighted by molar-refractivity contribution is 5.74. The summed E-state index contributed by atoms with van der Waals surface area (Å²) >= 11 is 0. The molecule has 1 atom stereocenters. The summed E-state index contributed by atoms with van der Waals surface area (Å²) in [4.78, 5) is 10.9. The molecule has 0 spiro atoms. The van der Waals surface area contributed by atoms with E-state index in [4.69, 9.17) is 9.47 Å². The highest BCUT2D eigenvalue weighted by Crippen LogP contribution is 2.20. The molecule has 0 aromatic rings. The first kappa shape index (κ1) is 10.4. The lowest BCUT2D eigenvalue weighted by atomic mass is 10.2. The fourth-order valence-electron chi connectivity index (χ4n) is 1.07. The molecule has 0 aromatic heterocycles. The van der Waals surface area contributed by atoms with Crippen molar-refractivity contribution < 1.29 is 24.1 Å². The SMILES string of the molecule is CCOC(=O)[C@@H](O)CC1OC(C)O1. The van der Waals surface area contributed by atoms with E-state index in [0.29, 0.717) is 0 Å². The Labute approximate surface area is 76.6 Å². The van der Waals surface area contributed by atoms with Gasteiger partial charge in [-0.3, -0.25) is 0 Å². The van der Waals surface area contributed by atoms with Crippen LogP contribution in [0.1, 0.15) is 20.3 Å². The molecule has 1 heterocycles. The molecule has 1 rings (SSSR count). The molecule has 0 aliphatic carbocycles. The Bertz CT molecular complexity index is 175. The van der Waals surface area contributed by atoms with Gasteiger partial charge in [-0.2, -0.15) is 0 Å². The molecule has 0 amide bonds. The van der Waals surface area contributed by atoms with Crippen molar-refractivity contribution in [2.75, 3.05) is 6.61 Å². The van der Waals surface area contributed by atoms with E-state index in [0.717, 1.165) is 0 Å². The van der Waals surface area contributed by atoms with Crippen molar-refractivity contribution in [3.05, 3.63) is 0 Å². The van der Waals surface area contributed by atoms with Crippen LogP contribution in [-0.2, 0) is 19.0 Å². The second-order valence-electron chi connectivity index (χ2n) is 2.77. The molecule has 0 aromatic carbocycles. The standard InChI is InChI=1S/C8H14O5/c1-3-11-8(10)6(9)4-7-12-5(2)13-7/h5-7,9H,3-4H2,1-2H3/t5?,6-,7?/m0/s1. The topological polar surface area (TPSA) is 65.0 Å². The largest absolute Gasteiger partial charge is 0.464 e. The van der Waals surface area contributed by atoms with Crippen molar-refractivity contribution in [1.29, 1.82) is 0 Å². The average molecular weight is 190 g/mol. The van der Waals surface area contributed by atoms with Crippen LogP contribution in [-0.4, -0.2) is 36.4 Å². The molecule has 0 bridgehead atoms. The van der Waals surface area contributed by atoms with E-state index < -0.39 is 18.4 Å². The molecule has 0 radical (unpaired) electrons. The zero-order chi connectivity index (χ0) is 9.84. The summed E-state index contributed by atoms with van der Waals surface area (Å²) in [6.45, 7) is 3.69. The van der Waals surface area contributed by atoms with E-state index in [2.05, 4.69) is 4.74 Å². The van der Waals surface area contributed by atoms with Crippen molar-refractivity contribution >= 4 is 5.97 Å². The van der Waals surface area contributed by atoms with Gasteiger partial charge in [-0.1, -0.05) is 0 Å². The first-order valence-electron chi connectivity index (χ1n) is 4.29. The Balaban J connectivity index is 2.17. The van der Waals surface area contributed by atoms with Gasteiger partial charge in [0.25, 0.3) is 0 Å². The Morgan fingerprint density at radius 2 is 2.23 bits per heavy atom. The summed E-state index contributed by atoms with van der Waals surface area (Å²) < 4.78 is 14.7. The van der Waals surface area contributed by atoms with Crippen molar-refractivity contribution in [3.63, 3.8) is 0 Å². The molecule has 0 unspecified atom stereocenters. The van der Waals surface area contributed by atoms with Crippen LogP contribution < -0.4 is 0 Å². The van der Waals surface area contributed by atoms with E-state index in [1.165, 1.54) is 0 Å². The van der Waals surface area contributed by atoms with Gasteiger partial charge in [0.2, 0.25) is 0 Å². The summed E-state index contributed by atoms with van der Waals surface area (Å²) in [5.41, 5.74) is 0. The Morgan fingerprint density at radius 1 is 1.62 bits per heavy atom. The van der Waals surface area contributed by atoms with Gasteiger partial charge in [0.1, 0.15) is 0 Å². The normalized spacial score (nSPS) is 29.2. The molecule has 5 nitrogen and oxygen atoms in total. The molecule has 1 aliphatic heterocycles. The van der Waals surface area contributed by atoms with E-state index in [9.17, 15) is 9.90 Å². The predicted molar refractivity (Wildman–Crippen MR) is 42.7 cm³/mol. The number of carbonyl (C=O) groups excluding carboxylic acids is 1. The Morgan fingerprint density at radius 3 is 2.69 bits per heavy atom. The smallest absolute Gasteiger partial charge is 0.335 e. The summed E-state index contributed by atoms with van der Waals surface area (Å²) in [6, 6.07) is 0. The van der Waals surface area contributed by atoms with Crippen LogP contribution in [0.4, 0.5) is 0 Å². The second kappa shape index (κ2) is 4.55. The first-order valence-corrected chi connectivity index (χ1v) is 4.29. The molecule has 13 heavy (non-hydrogen) atoms. The maximum atomic E-state index is 10.9. The van der Waals surface area contributed by atoms with Gasteiger partial charge in [0, 0.05) is 6.42 Å². The van der Waals surface area contributed by atoms with Gasteiger partial charge in [0.05, 0.1) is 6.61 Å². The van der Waals surface area contributed by atoms with E-state index in [1.807, 2.05) is 0 Å². The van der Waals surface area contributed by atoms with Gasteiger partial charge in [-0.25, -0.2) is 4.79 Å². The summed E-state index contributed by atoms with van der Waals surface area (Å²) in [5, 5.41) is 9.24. The number of rotatable bonds is 4. The molecule has 1 fully saturated rings. The van der Waals surface area contributed by atoms with Gasteiger partial charge in [0.15, 0.2) is 18.7 Å². The zero-order valence-electron chi connectivity index (χ0n) is 7.73. The first-order chi connectivity index (χ1) is 6.13. The van der Waals surface area contributed by atoms with E-state index in [-0.39, 0.29) is 19.3 Å². The fraction of sp³-hybridized carbons (Fsp3) is 0.875. The highest BCUT2D eigenvalue weighted by Gasteiger charge is 2.31. The van der Waals surface area contributed by atoms with Gasteiger partial charge < -0.3 is 19.3 Å². The van der Waals surface area contributed by atoms with E-state index in [1.54, 1.807) is 13.8 Å². The predicted octanol–water partition coefficient (Wildman–Crippen LogP) is 0.0194. The van der Waals surface area contributed by atoms with Crippen LogP contribution in [0.5, 0.6) is 0 Å². The van der Waals surface area contributed by atoms with Crippen LogP contribution in [0.2, 0.25) is 0 Å². The van der Waals surface area contributed by atoms with E-state index >= 15 is 0 Å². The van der Waals surface area contributed by atoms with Crippen LogP contribution in [0.25, 0.3) is 0 Å². The van der Waals surface area contributed by atoms with Gasteiger partial charge in [-0.15, -0.1) is 0 Å². The summed E-state index contributed by atoms with van der Waals surface area (Å²) in [7, 11) is 0. The van der Waals surface area contributed by atoms with Crippen molar-refractivity contribution in [1.82, 2.24) is 0 Å². The van der Waals surface area contributed by atoms with Crippen LogP contribution >= 0.6 is 0 Å². The van der Waals surface area contributed by atoms with Crippen LogP contribution in [0.15, 0.2) is 0 Å². The quantitative estimate of drug-likeness (QED) is 0.633. The monoisotopic (exact) mass is 190 g/mol. The lowest BCUT2D eigenvalue weighted by molar-refractivity contribution is -0.380. The Kier molecular flexibility index (Phi) is 3.65. The third-order valence-electron chi connectivity index (χ3n) is 1.66. The molecule has 1 saturated heterocycles. The molecular weight excluding hydrogens is 176 g/mol. The zero-order valence-corrected chi connectivity index (χ0v) is 7.73. The second-order valence-corrected chi connectivity index (χ2v) is 2.77. The maximum Gasteiger partial charge on any atom is 0.335 e. The number of ether oxygens (including phenoxy) is 3. The van der Waals surface area contributed by atoms with Crippen molar-refractivity contribution in [3.8, 4) is 0 Å². The number of carbonyl (C=O) groups is 1. The number of aliphatic hydroxyl groups excluding tert-OH is 1. The van der Waals surface area contributed by atoms with Crippen LogP contribution in [0, 0.1) is 0 Å². The van der Waals surface area contributed by atoms with Gasteiger partial charge in [-0.05, 0) is 13.8 Å². The molecule has 0 saturated carbocycles. The highest BCUT2D eigenvalue weighted by atomic mass is 16.9. The molecule has 1 aliphatic rings. The lowest BCUT2D eigenvalue weighted by Gasteiger charge is -2.34. The minimum Gasteiger partial charge on any atom is -0.464 e. The number of hydrogen-bond donors (Lipinski definition) is 1. The fourth-order valence-corrected chi connectivity index (χ4v) is 1.07. The maximum absolute atomic E-state index is 10.9. The number of hydrogen-bond acceptors (Lipinski definition) is 5. The molecule has 1 N–H and O–H groups in total. The number of esters is 1. The molecule has 76 valence electrons. The third kappa shape index (κ3) is 2.95. The molecule has 5 heteroatoms. The molecular formula is C8H14O5. The Hall–Kier alpha value is -0.650. The lowest BCUT2D eigenvalue weighted by Crippen LogP contribution is -2.42. The van der Waals surface area contributed by atoms with Gasteiger partial charge >= 0.3 is 5.97 Å². The summed E-state index contributed by atoms with van der Waals surface area (Å²) in [5.74, 6) is -0.630.